The second kappa shape index (κ2) is 8.01. The Labute approximate surface area is 158 Å². The first-order valence-electron chi connectivity index (χ1n) is 8.66. The molecule has 0 radical (unpaired) electrons. The van der Waals surface area contributed by atoms with E-state index in [-0.39, 0.29) is 5.97 Å². The van der Waals surface area contributed by atoms with Crippen LogP contribution in [0.1, 0.15) is 23.6 Å². The summed E-state index contributed by atoms with van der Waals surface area (Å²) in [7, 11) is 0. The van der Waals surface area contributed by atoms with Gasteiger partial charge in [0.05, 0.1) is 17.4 Å². The predicted molar refractivity (Wildman–Crippen MR) is 102 cm³/mol. The van der Waals surface area contributed by atoms with Crippen LogP contribution >= 0.6 is 11.6 Å². The summed E-state index contributed by atoms with van der Waals surface area (Å²) >= 11 is 5.85. The standard InChI is InChI=1S/C19H23ClN4O2/c1-13-8-16(9-14(2)18(13)26-15(3)25)12-23-4-6-24(7-5-23)19-21-10-17(20)11-22-19/h8-11H,4-7,12H2,1-3H3. The number of carbonyl (C=O) groups is 1. The number of hydrogen-bond donors (Lipinski definition) is 0. The lowest BCUT2D eigenvalue weighted by molar-refractivity contribution is -0.131. The zero-order valence-corrected chi connectivity index (χ0v) is 16.1. The highest BCUT2D eigenvalue weighted by Gasteiger charge is 2.19. The lowest BCUT2D eigenvalue weighted by atomic mass is 10.0. The van der Waals surface area contributed by atoms with E-state index in [0.717, 1.165) is 49.8 Å². The van der Waals surface area contributed by atoms with E-state index in [4.69, 9.17) is 16.3 Å². The van der Waals surface area contributed by atoms with E-state index >= 15 is 0 Å². The molecule has 6 nitrogen and oxygen atoms in total. The summed E-state index contributed by atoms with van der Waals surface area (Å²) in [4.78, 5) is 24.4. The zero-order valence-electron chi connectivity index (χ0n) is 15.3. The Hall–Kier alpha value is -2.18. The minimum Gasteiger partial charge on any atom is -0.426 e. The van der Waals surface area contributed by atoms with Crippen molar-refractivity contribution >= 4 is 23.5 Å². The Kier molecular flexibility index (Phi) is 5.74. The molecule has 138 valence electrons. The Morgan fingerprint density at radius 2 is 1.69 bits per heavy atom. The van der Waals surface area contributed by atoms with Crippen LogP contribution in [-0.4, -0.2) is 47.0 Å². The van der Waals surface area contributed by atoms with Crippen molar-refractivity contribution in [2.24, 2.45) is 0 Å². The van der Waals surface area contributed by atoms with Crippen LogP contribution in [0.3, 0.4) is 0 Å². The van der Waals surface area contributed by atoms with Gasteiger partial charge in [-0.3, -0.25) is 9.69 Å². The number of nitrogens with zero attached hydrogens (tertiary/aromatic N) is 4. The molecule has 0 saturated carbocycles. The minimum absolute atomic E-state index is 0.288. The van der Waals surface area contributed by atoms with Crippen molar-refractivity contribution in [1.29, 1.82) is 0 Å². The second-order valence-electron chi connectivity index (χ2n) is 6.62. The molecule has 1 aliphatic rings. The van der Waals surface area contributed by atoms with E-state index in [1.54, 1.807) is 12.4 Å². The third-order valence-electron chi connectivity index (χ3n) is 4.43. The van der Waals surface area contributed by atoms with Gasteiger partial charge in [0.15, 0.2) is 0 Å². The molecule has 2 heterocycles. The fourth-order valence-corrected chi connectivity index (χ4v) is 3.37. The first-order chi connectivity index (χ1) is 12.4. The second-order valence-corrected chi connectivity index (χ2v) is 7.05. The van der Waals surface area contributed by atoms with Crippen molar-refractivity contribution in [2.45, 2.75) is 27.3 Å². The van der Waals surface area contributed by atoms with Gasteiger partial charge in [0.2, 0.25) is 5.95 Å². The average Bonchev–Trinajstić information content (AvgIpc) is 2.59. The van der Waals surface area contributed by atoms with Crippen molar-refractivity contribution in [3.05, 3.63) is 46.2 Å². The van der Waals surface area contributed by atoms with Crippen molar-refractivity contribution < 1.29 is 9.53 Å². The van der Waals surface area contributed by atoms with Crippen molar-refractivity contribution in [1.82, 2.24) is 14.9 Å². The first-order valence-corrected chi connectivity index (χ1v) is 9.03. The molecule has 0 bridgehead atoms. The molecule has 0 amide bonds. The third-order valence-corrected chi connectivity index (χ3v) is 4.63. The van der Waals surface area contributed by atoms with E-state index in [1.807, 2.05) is 13.8 Å². The Balaban J connectivity index is 1.61. The summed E-state index contributed by atoms with van der Waals surface area (Å²) in [5.41, 5.74) is 3.21. The highest BCUT2D eigenvalue weighted by molar-refractivity contribution is 6.30. The van der Waals surface area contributed by atoms with Gasteiger partial charge in [-0.05, 0) is 30.5 Å². The summed E-state index contributed by atoms with van der Waals surface area (Å²) in [5.74, 6) is 1.11. The quantitative estimate of drug-likeness (QED) is 0.605. The number of anilines is 1. The fourth-order valence-electron chi connectivity index (χ4n) is 3.27. The Morgan fingerprint density at radius 3 is 2.23 bits per heavy atom. The molecule has 0 unspecified atom stereocenters. The monoisotopic (exact) mass is 374 g/mol. The van der Waals surface area contributed by atoms with Crippen molar-refractivity contribution in [3.63, 3.8) is 0 Å². The van der Waals surface area contributed by atoms with Gasteiger partial charge in [0.1, 0.15) is 5.75 Å². The van der Waals surface area contributed by atoms with Gasteiger partial charge < -0.3 is 9.64 Å². The van der Waals surface area contributed by atoms with E-state index in [9.17, 15) is 4.79 Å². The third kappa shape index (κ3) is 4.51. The summed E-state index contributed by atoms with van der Waals surface area (Å²) in [6.45, 7) is 9.89. The first kappa shape index (κ1) is 18.6. The number of aromatic nitrogens is 2. The molecule has 0 N–H and O–H groups in total. The van der Waals surface area contributed by atoms with Gasteiger partial charge in [-0.2, -0.15) is 0 Å². The molecule has 1 fully saturated rings. The SMILES string of the molecule is CC(=O)Oc1c(C)cc(CN2CCN(c3ncc(Cl)cn3)CC2)cc1C. The number of hydrogen-bond acceptors (Lipinski definition) is 6. The summed E-state index contributed by atoms with van der Waals surface area (Å²) in [6, 6.07) is 4.19. The van der Waals surface area contributed by atoms with Crippen LogP contribution in [0.2, 0.25) is 5.02 Å². The molecule has 0 atom stereocenters. The summed E-state index contributed by atoms with van der Waals surface area (Å²) in [6.07, 6.45) is 3.26. The topological polar surface area (TPSA) is 58.6 Å². The van der Waals surface area contributed by atoms with Gasteiger partial charge in [-0.1, -0.05) is 23.7 Å². The van der Waals surface area contributed by atoms with Gasteiger partial charge >= 0.3 is 5.97 Å². The number of piperazine rings is 1. The number of carbonyl (C=O) groups excluding carboxylic acids is 1. The Morgan fingerprint density at radius 1 is 1.12 bits per heavy atom. The van der Waals surface area contributed by atoms with Crippen molar-refractivity contribution in [3.8, 4) is 5.75 Å². The van der Waals surface area contributed by atoms with Gasteiger partial charge in [0, 0.05) is 39.6 Å². The molecule has 2 aromatic rings. The smallest absolute Gasteiger partial charge is 0.308 e. The minimum atomic E-state index is -0.288. The molecule has 0 spiro atoms. The van der Waals surface area contributed by atoms with Gasteiger partial charge in [-0.15, -0.1) is 0 Å². The highest BCUT2D eigenvalue weighted by Crippen LogP contribution is 2.26. The number of esters is 1. The summed E-state index contributed by atoms with van der Waals surface area (Å²) < 4.78 is 5.31. The van der Waals surface area contributed by atoms with Crippen LogP contribution in [0.25, 0.3) is 0 Å². The molecular weight excluding hydrogens is 352 g/mol. The maximum atomic E-state index is 11.2. The molecule has 7 heteroatoms. The predicted octanol–water partition coefficient (Wildman–Crippen LogP) is 2.99. The molecule has 0 aliphatic carbocycles. The molecule has 1 aliphatic heterocycles. The van der Waals surface area contributed by atoms with E-state index in [1.165, 1.54) is 12.5 Å². The van der Waals surface area contributed by atoms with Gasteiger partial charge in [-0.25, -0.2) is 9.97 Å². The molecular formula is C19H23ClN4O2. The molecule has 1 aromatic carbocycles. The fraction of sp³-hybridized carbons (Fsp3) is 0.421. The van der Waals surface area contributed by atoms with E-state index < -0.39 is 0 Å². The van der Waals surface area contributed by atoms with E-state index in [0.29, 0.717) is 10.8 Å². The number of benzene rings is 1. The number of halogens is 1. The Bertz CT molecular complexity index is 764. The van der Waals surface area contributed by atoms with Crippen LogP contribution in [0.15, 0.2) is 24.5 Å². The highest BCUT2D eigenvalue weighted by atomic mass is 35.5. The lowest BCUT2D eigenvalue weighted by Gasteiger charge is -2.34. The van der Waals surface area contributed by atoms with Gasteiger partial charge in [0.25, 0.3) is 0 Å². The van der Waals surface area contributed by atoms with Crippen LogP contribution in [0, 0.1) is 13.8 Å². The normalized spacial score (nSPS) is 15.2. The van der Waals surface area contributed by atoms with Crippen LogP contribution in [0.5, 0.6) is 5.75 Å². The molecule has 1 saturated heterocycles. The lowest BCUT2D eigenvalue weighted by Crippen LogP contribution is -2.46. The number of ether oxygens (including phenoxy) is 1. The molecule has 1 aromatic heterocycles. The maximum Gasteiger partial charge on any atom is 0.308 e. The number of rotatable bonds is 4. The van der Waals surface area contributed by atoms with Crippen LogP contribution in [0.4, 0.5) is 5.95 Å². The van der Waals surface area contributed by atoms with Crippen LogP contribution < -0.4 is 9.64 Å². The molecule has 26 heavy (non-hydrogen) atoms. The zero-order chi connectivity index (χ0) is 18.7. The maximum absolute atomic E-state index is 11.2. The van der Waals surface area contributed by atoms with Crippen LogP contribution in [-0.2, 0) is 11.3 Å². The van der Waals surface area contributed by atoms with Crippen molar-refractivity contribution in [2.75, 3.05) is 31.1 Å². The summed E-state index contributed by atoms with van der Waals surface area (Å²) in [5, 5.41) is 0.551. The number of aryl methyl sites for hydroxylation is 2. The average molecular weight is 375 g/mol. The largest absolute Gasteiger partial charge is 0.426 e. The van der Waals surface area contributed by atoms with E-state index in [2.05, 4.69) is 31.9 Å². The molecule has 3 rings (SSSR count).